The van der Waals surface area contributed by atoms with Gasteiger partial charge in [-0.15, -0.1) is 0 Å². The zero-order chi connectivity index (χ0) is 20.1. The lowest BCUT2D eigenvalue weighted by Crippen LogP contribution is -2.52. The van der Waals surface area contributed by atoms with Gasteiger partial charge in [-0.3, -0.25) is 14.6 Å². The number of likely N-dealkylation sites (tertiary alicyclic amines) is 2. The van der Waals surface area contributed by atoms with Gasteiger partial charge in [-0.25, -0.2) is 4.98 Å². The molecule has 0 aliphatic carbocycles. The number of hydrogen-bond donors (Lipinski definition) is 0. The van der Waals surface area contributed by atoms with Crippen LogP contribution < -0.4 is 0 Å². The Kier molecular flexibility index (Phi) is 5.92. The van der Waals surface area contributed by atoms with Crippen molar-refractivity contribution in [3.8, 4) is 0 Å². The van der Waals surface area contributed by atoms with Crippen molar-refractivity contribution < 1.29 is 9.59 Å². The number of imidazole rings is 1. The zero-order valence-electron chi connectivity index (χ0n) is 16.9. The molecule has 2 aromatic heterocycles. The van der Waals surface area contributed by atoms with Gasteiger partial charge in [0.05, 0.1) is 18.6 Å². The van der Waals surface area contributed by atoms with E-state index >= 15 is 0 Å². The lowest BCUT2D eigenvalue weighted by atomic mass is 9.72. The van der Waals surface area contributed by atoms with E-state index in [4.69, 9.17) is 0 Å². The molecule has 1 spiro atoms. The summed E-state index contributed by atoms with van der Waals surface area (Å²) in [4.78, 5) is 37.4. The van der Waals surface area contributed by atoms with Crippen LogP contribution in [0, 0.1) is 5.41 Å². The Morgan fingerprint density at radius 2 is 2.00 bits per heavy atom. The summed E-state index contributed by atoms with van der Waals surface area (Å²) < 4.78 is 2.01. The van der Waals surface area contributed by atoms with Crippen LogP contribution in [0.3, 0.4) is 0 Å². The van der Waals surface area contributed by atoms with E-state index in [9.17, 15) is 9.59 Å². The van der Waals surface area contributed by atoms with Crippen molar-refractivity contribution in [3.05, 3.63) is 48.8 Å². The molecule has 29 heavy (non-hydrogen) atoms. The van der Waals surface area contributed by atoms with Crippen LogP contribution >= 0.6 is 0 Å². The van der Waals surface area contributed by atoms with Gasteiger partial charge in [0, 0.05) is 57.6 Å². The van der Waals surface area contributed by atoms with Gasteiger partial charge in [-0.1, -0.05) is 6.07 Å². The van der Waals surface area contributed by atoms with Gasteiger partial charge in [0.2, 0.25) is 11.8 Å². The van der Waals surface area contributed by atoms with Gasteiger partial charge < -0.3 is 14.4 Å². The molecule has 2 aromatic rings. The van der Waals surface area contributed by atoms with Crippen LogP contribution in [0.1, 0.15) is 44.2 Å². The molecule has 7 heteroatoms. The van der Waals surface area contributed by atoms with Crippen LogP contribution in [0.15, 0.2) is 43.1 Å². The second-order valence-corrected chi connectivity index (χ2v) is 8.36. The highest BCUT2D eigenvalue weighted by molar-refractivity contribution is 5.77. The Morgan fingerprint density at radius 1 is 1.14 bits per heavy atom. The van der Waals surface area contributed by atoms with Crippen molar-refractivity contribution in [1.29, 1.82) is 0 Å². The Bertz CT molecular complexity index is 813. The van der Waals surface area contributed by atoms with E-state index in [0.29, 0.717) is 19.4 Å². The molecule has 2 aliphatic heterocycles. The Balaban J connectivity index is 1.27. The number of carbonyl (C=O) groups is 2. The number of aryl methyl sites for hydroxylation is 1. The molecule has 2 saturated heterocycles. The molecule has 0 N–H and O–H groups in total. The number of rotatable bonds is 6. The average molecular weight is 396 g/mol. The van der Waals surface area contributed by atoms with Crippen molar-refractivity contribution in [3.63, 3.8) is 0 Å². The van der Waals surface area contributed by atoms with Crippen molar-refractivity contribution in [2.45, 2.75) is 51.6 Å². The molecule has 0 radical (unpaired) electrons. The molecule has 4 heterocycles. The van der Waals surface area contributed by atoms with Crippen molar-refractivity contribution in [2.24, 2.45) is 5.41 Å². The number of piperidine rings is 2. The molecular formula is C22H29N5O2. The minimum Gasteiger partial charge on any atom is -0.343 e. The SMILES string of the molecule is O=C(CCCn1ccnc1)N1CCC2(CCC(=O)N(Cc3ccccn3)C2)CC1. The summed E-state index contributed by atoms with van der Waals surface area (Å²) in [6.45, 7) is 3.79. The van der Waals surface area contributed by atoms with E-state index in [2.05, 4.69) is 9.97 Å². The standard InChI is InChI=1S/C22H29N5O2/c28-20(5-3-12-25-15-11-23-18-25)26-13-8-22(9-14-26)7-6-21(29)27(17-22)16-19-4-1-2-10-24-19/h1-2,4,10-11,15,18H,3,5-9,12-14,16-17H2. The highest BCUT2D eigenvalue weighted by Crippen LogP contribution is 2.40. The van der Waals surface area contributed by atoms with E-state index in [1.807, 2.05) is 38.8 Å². The summed E-state index contributed by atoms with van der Waals surface area (Å²) in [6, 6.07) is 5.83. The van der Waals surface area contributed by atoms with Crippen LogP contribution in [0.5, 0.6) is 0 Å². The topological polar surface area (TPSA) is 71.3 Å². The molecule has 0 atom stereocenters. The molecule has 0 unspecified atom stereocenters. The molecule has 2 aliphatic rings. The van der Waals surface area contributed by atoms with E-state index in [1.54, 1.807) is 18.7 Å². The van der Waals surface area contributed by atoms with Crippen molar-refractivity contribution >= 4 is 11.8 Å². The maximum absolute atomic E-state index is 12.6. The fraction of sp³-hybridized carbons (Fsp3) is 0.545. The summed E-state index contributed by atoms with van der Waals surface area (Å²) in [6.07, 6.45) is 12.2. The van der Waals surface area contributed by atoms with Crippen LogP contribution in [-0.4, -0.2) is 55.8 Å². The Hall–Kier alpha value is -2.70. The third kappa shape index (κ3) is 4.83. The number of amides is 2. The maximum atomic E-state index is 12.6. The number of carbonyl (C=O) groups excluding carboxylic acids is 2. The molecule has 0 saturated carbocycles. The van der Waals surface area contributed by atoms with Gasteiger partial charge in [-0.2, -0.15) is 0 Å². The van der Waals surface area contributed by atoms with Crippen LogP contribution in [0.25, 0.3) is 0 Å². The minimum absolute atomic E-state index is 0.149. The van der Waals surface area contributed by atoms with Gasteiger partial charge in [0.15, 0.2) is 0 Å². The molecule has 7 nitrogen and oxygen atoms in total. The average Bonchev–Trinajstić information content (AvgIpc) is 3.26. The fourth-order valence-corrected chi connectivity index (χ4v) is 4.56. The van der Waals surface area contributed by atoms with Gasteiger partial charge in [0.1, 0.15) is 0 Å². The predicted molar refractivity (Wildman–Crippen MR) is 109 cm³/mol. The first-order valence-electron chi connectivity index (χ1n) is 10.5. The Labute approximate surface area is 171 Å². The molecule has 0 aromatic carbocycles. The second-order valence-electron chi connectivity index (χ2n) is 8.36. The largest absolute Gasteiger partial charge is 0.343 e. The number of pyridine rings is 1. The number of nitrogens with zero attached hydrogens (tertiary/aromatic N) is 5. The number of hydrogen-bond acceptors (Lipinski definition) is 4. The quantitative estimate of drug-likeness (QED) is 0.753. The van der Waals surface area contributed by atoms with Gasteiger partial charge >= 0.3 is 0 Å². The molecule has 0 bridgehead atoms. The maximum Gasteiger partial charge on any atom is 0.222 e. The molecule has 2 amide bonds. The van der Waals surface area contributed by atoms with Crippen LogP contribution in [0.4, 0.5) is 0 Å². The van der Waals surface area contributed by atoms with E-state index in [1.165, 1.54) is 0 Å². The van der Waals surface area contributed by atoms with E-state index < -0.39 is 0 Å². The van der Waals surface area contributed by atoms with Gasteiger partial charge in [-0.05, 0) is 43.2 Å². The van der Waals surface area contributed by atoms with E-state index in [0.717, 1.165) is 57.6 Å². The highest BCUT2D eigenvalue weighted by atomic mass is 16.2. The first-order valence-corrected chi connectivity index (χ1v) is 10.5. The van der Waals surface area contributed by atoms with E-state index in [-0.39, 0.29) is 17.2 Å². The second kappa shape index (κ2) is 8.76. The van der Waals surface area contributed by atoms with Crippen LogP contribution in [-0.2, 0) is 22.7 Å². The molecule has 2 fully saturated rings. The highest BCUT2D eigenvalue weighted by Gasteiger charge is 2.41. The summed E-state index contributed by atoms with van der Waals surface area (Å²) in [5.41, 5.74) is 1.08. The minimum atomic E-state index is 0.149. The van der Waals surface area contributed by atoms with Gasteiger partial charge in [0.25, 0.3) is 0 Å². The van der Waals surface area contributed by atoms with Crippen molar-refractivity contribution in [2.75, 3.05) is 19.6 Å². The molecule has 154 valence electrons. The summed E-state index contributed by atoms with van der Waals surface area (Å²) in [5, 5.41) is 0. The molecule has 4 rings (SSSR count). The number of aromatic nitrogens is 3. The molecular weight excluding hydrogens is 366 g/mol. The summed E-state index contributed by atoms with van der Waals surface area (Å²) >= 11 is 0. The predicted octanol–water partition coefficient (Wildman–Crippen LogP) is 2.49. The normalized spacial score (nSPS) is 19.0. The first-order chi connectivity index (χ1) is 14.1. The fourth-order valence-electron chi connectivity index (χ4n) is 4.56. The summed E-state index contributed by atoms with van der Waals surface area (Å²) in [5.74, 6) is 0.469. The summed E-state index contributed by atoms with van der Waals surface area (Å²) in [7, 11) is 0. The lowest BCUT2D eigenvalue weighted by Gasteiger charge is -2.47. The lowest BCUT2D eigenvalue weighted by molar-refractivity contribution is -0.143. The zero-order valence-corrected chi connectivity index (χ0v) is 16.9. The third-order valence-corrected chi connectivity index (χ3v) is 6.37. The van der Waals surface area contributed by atoms with Crippen LogP contribution in [0.2, 0.25) is 0 Å². The third-order valence-electron chi connectivity index (χ3n) is 6.37. The van der Waals surface area contributed by atoms with Crippen molar-refractivity contribution in [1.82, 2.24) is 24.3 Å². The Morgan fingerprint density at radius 3 is 2.72 bits per heavy atom. The smallest absolute Gasteiger partial charge is 0.222 e. The first kappa shape index (κ1) is 19.6. The monoisotopic (exact) mass is 395 g/mol.